The van der Waals surface area contributed by atoms with Crippen LogP contribution in [0.1, 0.15) is 38.8 Å². The van der Waals surface area contributed by atoms with Gasteiger partial charge in [-0.05, 0) is 47.7 Å². The third-order valence-corrected chi connectivity index (χ3v) is 7.30. The first-order valence-corrected chi connectivity index (χ1v) is 13.3. The Hall–Kier alpha value is -3.59. The van der Waals surface area contributed by atoms with Crippen molar-refractivity contribution in [3.05, 3.63) is 101 Å². The largest absolute Gasteiger partial charge is 0.325 e. The summed E-state index contributed by atoms with van der Waals surface area (Å²) < 4.78 is 0. The predicted molar refractivity (Wildman–Crippen MR) is 154 cm³/mol. The topological polar surface area (TPSA) is 65.8 Å². The third kappa shape index (κ3) is 6.40. The molecule has 0 saturated carbocycles. The van der Waals surface area contributed by atoms with E-state index in [9.17, 15) is 10.1 Å². The molecule has 0 saturated heterocycles. The van der Waals surface area contributed by atoms with Crippen LogP contribution >= 0.6 is 23.4 Å². The number of carbonyl (C=O) groups excluding carboxylic acids is 1. The van der Waals surface area contributed by atoms with Crippen LogP contribution in [0.25, 0.3) is 22.4 Å². The molecule has 3 aromatic carbocycles. The van der Waals surface area contributed by atoms with Crippen molar-refractivity contribution in [2.45, 2.75) is 43.4 Å². The van der Waals surface area contributed by atoms with Gasteiger partial charge in [-0.2, -0.15) is 5.26 Å². The van der Waals surface area contributed by atoms with Crippen LogP contribution in [0.5, 0.6) is 0 Å². The van der Waals surface area contributed by atoms with Crippen LogP contribution in [0.15, 0.2) is 90.0 Å². The summed E-state index contributed by atoms with van der Waals surface area (Å²) in [4.78, 5) is 17.8. The van der Waals surface area contributed by atoms with E-state index in [0.29, 0.717) is 21.3 Å². The van der Waals surface area contributed by atoms with E-state index in [4.69, 9.17) is 16.6 Å². The first-order valence-electron chi connectivity index (χ1n) is 12.0. The van der Waals surface area contributed by atoms with Crippen molar-refractivity contribution in [3.8, 4) is 28.5 Å². The average Bonchev–Trinajstić information content (AvgIpc) is 2.88. The fraction of sp³-hybridized carbons (Fsp3) is 0.194. The standard InChI is InChI=1S/C31H28ClN3OS/c1-20(29(36)34-25-12-8-11-24(32)17-25)37-30-27(19-33)26(18-28(35-30)22-9-6-5-7-10-22)21-13-15-23(16-14-21)31(2,3)4/h5-18,20H,1-4H3,(H,34,36)/t20-/m0/s1. The third-order valence-electron chi connectivity index (χ3n) is 5.98. The van der Waals surface area contributed by atoms with Gasteiger partial charge in [0.15, 0.2) is 0 Å². The SMILES string of the molecule is C[C@H](Sc1nc(-c2ccccc2)cc(-c2ccc(C(C)(C)C)cc2)c1C#N)C(=O)Nc1cccc(Cl)c1. The van der Waals surface area contributed by atoms with Crippen molar-refractivity contribution >= 4 is 35.0 Å². The highest BCUT2D eigenvalue weighted by atomic mass is 35.5. The molecular weight excluding hydrogens is 498 g/mol. The number of aromatic nitrogens is 1. The monoisotopic (exact) mass is 525 g/mol. The maximum Gasteiger partial charge on any atom is 0.237 e. The van der Waals surface area contributed by atoms with Gasteiger partial charge in [0.1, 0.15) is 11.1 Å². The highest BCUT2D eigenvalue weighted by Gasteiger charge is 2.22. The lowest BCUT2D eigenvalue weighted by Gasteiger charge is -2.20. The summed E-state index contributed by atoms with van der Waals surface area (Å²) in [7, 11) is 0. The number of pyridine rings is 1. The quantitative estimate of drug-likeness (QED) is 0.257. The second-order valence-electron chi connectivity index (χ2n) is 9.80. The van der Waals surface area contributed by atoms with Gasteiger partial charge in [-0.25, -0.2) is 4.98 Å². The molecule has 0 radical (unpaired) electrons. The minimum absolute atomic E-state index is 0.0246. The maximum atomic E-state index is 13.0. The van der Waals surface area contributed by atoms with Crippen LogP contribution in [0.4, 0.5) is 5.69 Å². The van der Waals surface area contributed by atoms with E-state index in [-0.39, 0.29) is 11.3 Å². The molecule has 186 valence electrons. The Morgan fingerprint density at radius 3 is 2.30 bits per heavy atom. The minimum Gasteiger partial charge on any atom is -0.325 e. The number of benzene rings is 3. The lowest BCUT2D eigenvalue weighted by molar-refractivity contribution is -0.115. The van der Waals surface area contributed by atoms with Crippen LogP contribution in [-0.2, 0) is 10.2 Å². The number of nitrogens with one attached hydrogen (secondary N) is 1. The molecule has 37 heavy (non-hydrogen) atoms. The normalized spacial score (nSPS) is 12.0. The first-order chi connectivity index (χ1) is 17.7. The highest BCUT2D eigenvalue weighted by Crippen LogP contribution is 2.36. The van der Waals surface area contributed by atoms with E-state index < -0.39 is 5.25 Å². The number of amides is 1. The Kier molecular flexibility index (Phi) is 8.02. The number of thioether (sulfide) groups is 1. The van der Waals surface area contributed by atoms with E-state index in [2.05, 4.69) is 56.4 Å². The molecule has 0 aliphatic carbocycles. The summed E-state index contributed by atoms with van der Waals surface area (Å²) in [5, 5.41) is 13.7. The summed E-state index contributed by atoms with van der Waals surface area (Å²) in [6.07, 6.45) is 0. The minimum atomic E-state index is -0.499. The smallest absolute Gasteiger partial charge is 0.237 e. The Balaban J connectivity index is 1.74. The Morgan fingerprint density at radius 1 is 0.973 bits per heavy atom. The molecule has 0 aliphatic rings. The molecule has 0 spiro atoms. The summed E-state index contributed by atoms with van der Waals surface area (Å²) in [5.74, 6) is -0.195. The molecule has 0 bridgehead atoms. The molecule has 4 rings (SSSR count). The van der Waals surface area contributed by atoms with Crippen molar-refractivity contribution < 1.29 is 4.79 Å². The van der Waals surface area contributed by atoms with Crippen molar-refractivity contribution in [1.29, 1.82) is 5.26 Å². The summed E-state index contributed by atoms with van der Waals surface area (Å²) in [6.45, 7) is 8.33. The fourth-order valence-corrected chi connectivity index (χ4v) is 5.00. The molecule has 4 aromatic rings. The Bertz CT molecular complexity index is 1460. The molecule has 6 heteroatoms. The molecule has 0 aliphatic heterocycles. The zero-order chi connectivity index (χ0) is 26.6. The van der Waals surface area contributed by atoms with Gasteiger partial charge >= 0.3 is 0 Å². The summed E-state index contributed by atoms with van der Waals surface area (Å²) in [5.41, 5.74) is 5.73. The number of hydrogen-bond acceptors (Lipinski definition) is 4. The first kappa shape index (κ1) is 26.5. The van der Waals surface area contributed by atoms with Crippen molar-refractivity contribution in [2.24, 2.45) is 0 Å². The number of hydrogen-bond donors (Lipinski definition) is 1. The second kappa shape index (κ2) is 11.2. The zero-order valence-corrected chi connectivity index (χ0v) is 22.8. The van der Waals surface area contributed by atoms with Gasteiger partial charge in [0.2, 0.25) is 5.91 Å². The van der Waals surface area contributed by atoms with Gasteiger partial charge in [-0.3, -0.25) is 4.79 Å². The van der Waals surface area contributed by atoms with Crippen LogP contribution in [0.2, 0.25) is 5.02 Å². The lowest BCUT2D eigenvalue weighted by atomic mass is 9.86. The molecule has 1 amide bonds. The van der Waals surface area contributed by atoms with Gasteiger partial charge in [0.25, 0.3) is 0 Å². The number of rotatable bonds is 6. The predicted octanol–water partition coefficient (Wildman–Crippen LogP) is 8.36. The number of halogens is 1. The fourth-order valence-electron chi connectivity index (χ4n) is 3.88. The maximum absolute atomic E-state index is 13.0. The Labute approximate surface area is 227 Å². The summed E-state index contributed by atoms with van der Waals surface area (Å²) in [6, 6.07) is 29.5. The molecule has 4 nitrogen and oxygen atoms in total. The van der Waals surface area contributed by atoms with Crippen LogP contribution in [0, 0.1) is 11.3 Å². The number of nitrogens with zero attached hydrogens (tertiary/aromatic N) is 2. The average molecular weight is 526 g/mol. The van der Waals surface area contributed by atoms with Crippen LogP contribution in [-0.4, -0.2) is 16.1 Å². The van der Waals surface area contributed by atoms with Gasteiger partial charge in [0, 0.05) is 21.8 Å². The van der Waals surface area contributed by atoms with Crippen LogP contribution < -0.4 is 5.32 Å². The number of nitriles is 1. The van der Waals surface area contributed by atoms with E-state index in [1.54, 1.807) is 31.2 Å². The molecule has 0 fully saturated rings. The van der Waals surface area contributed by atoms with Crippen molar-refractivity contribution in [3.63, 3.8) is 0 Å². The molecule has 1 atom stereocenters. The van der Waals surface area contributed by atoms with Gasteiger partial charge in [-0.1, -0.05) is 105 Å². The van der Waals surface area contributed by atoms with E-state index in [1.807, 2.05) is 36.4 Å². The summed E-state index contributed by atoms with van der Waals surface area (Å²) >= 11 is 7.33. The van der Waals surface area contributed by atoms with Crippen LogP contribution in [0.3, 0.4) is 0 Å². The number of anilines is 1. The molecule has 0 unspecified atom stereocenters. The Morgan fingerprint density at radius 2 is 1.68 bits per heavy atom. The van der Waals surface area contributed by atoms with E-state index >= 15 is 0 Å². The molecule has 1 N–H and O–H groups in total. The van der Waals surface area contributed by atoms with Gasteiger partial charge in [0.05, 0.1) is 16.5 Å². The zero-order valence-electron chi connectivity index (χ0n) is 21.2. The lowest BCUT2D eigenvalue weighted by Crippen LogP contribution is -2.22. The number of carbonyl (C=O) groups is 1. The van der Waals surface area contributed by atoms with Crippen molar-refractivity contribution in [1.82, 2.24) is 4.98 Å². The highest BCUT2D eigenvalue weighted by molar-refractivity contribution is 8.00. The molecule has 1 aromatic heterocycles. The molecular formula is C31H28ClN3OS. The van der Waals surface area contributed by atoms with E-state index in [0.717, 1.165) is 22.4 Å². The van der Waals surface area contributed by atoms with Gasteiger partial charge < -0.3 is 5.32 Å². The van der Waals surface area contributed by atoms with E-state index in [1.165, 1.54) is 17.3 Å². The second-order valence-corrected chi connectivity index (χ2v) is 11.6. The van der Waals surface area contributed by atoms with Gasteiger partial charge in [-0.15, -0.1) is 0 Å². The molecule has 1 heterocycles. The van der Waals surface area contributed by atoms with Crippen molar-refractivity contribution in [2.75, 3.05) is 5.32 Å².